The van der Waals surface area contributed by atoms with Crippen LogP contribution in [0.5, 0.6) is 0 Å². The topological polar surface area (TPSA) is 26.0 Å². The molecule has 14 heavy (non-hydrogen) atoms. The number of rotatable bonds is 4. The summed E-state index contributed by atoms with van der Waals surface area (Å²) < 4.78 is 12.8. The summed E-state index contributed by atoms with van der Waals surface area (Å²) in [6, 6.07) is 4.76. The first-order chi connectivity index (χ1) is 6.74. The quantitative estimate of drug-likeness (QED) is 0.765. The maximum atomic E-state index is 12.8. The van der Waals surface area contributed by atoms with Crippen molar-refractivity contribution in [1.82, 2.24) is 0 Å². The van der Waals surface area contributed by atoms with Gasteiger partial charge in [0.1, 0.15) is 5.82 Å². The molecule has 3 heteroatoms. The highest BCUT2D eigenvalue weighted by Crippen LogP contribution is 2.16. The number of allylic oxidation sites excluding steroid dienone is 1. The van der Waals surface area contributed by atoms with E-state index in [4.69, 9.17) is 17.3 Å². The second-order valence-electron chi connectivity index (χ2n) is 3.00. The Kier molecular flexibility index (Phi) is 4.63. The molecule has 0 saturated carbocycles. The summed E-state index contributed by atoms with van der Waals surface area (Å²) in [5.41, 5.74) is 6.33. The highest BCUT2D eigenvalue weighted by Gasteiger charge is 1.98. The van der Waals surface area contributed by atoms with E-state index in [1.165, 1.54) is 6.07 Å². The first-order valence-electron chi connectivity index (χ1n) is 4.53. The molecule has 76 valence electrons. The minimum absolute atomic E-state index is 0.176. The molecular formula is C11H13ClFN. The zero-order valence-corrected chi connectivity index (χ0v) is 8.60. The largest absolute Gasteiger partial charge is 0.330 e. The average molecular weight is 214 g/mol. The second-order valence-corrected chi connectivity index (χ2v) is 3.41. The molecule has 1 rings (SSSR count). The van der Waals surface area contributed by atoms with E-state index in [0.717, 1.165) is 18.4 Å². The van der Waals surface area contributed by atoms with Crippen LogP contribution in [0.2, 0.25) is 5.02 Å². The molecule has 0 aliphatic rings. The molecule has 0 aliphatic heterocycles. The van der Waals surface area contributed by atoms with Crippen LogP contribution in [0.3, 0.4) is 0 Å². The molecule has 1 aromatic carbocycles. The zero-order chi connectivity index (χ0) is 10.4. The van der Waals surface area contributed by atoms with E-state index in [2.05, 4.69) is 0 Å². The van der Waals surface area contributed by atoms with Crippen molar-refractivity contribution in [1.29, 1.82) is 0 Å². The molecule has 0 atom stereocenters. The number of nitrogens with two attached hydrogens (primary N) is 1. The van der Waals surface area contributed by atoms with Gasteiger partial charge in [-0.15, -0.1) is 0 Å². The molecule has 0 spiro atoms. The van der Waals surface area contributed by atoms with E-state index in [1.54, 1.807) is 12.1 Å². The summed E-state index contributed by atoms with van der Waals surface area (Å²) in [5.74, 6) is -0.374. The molecular weight excluding hydrogens is 201 g/mol. The molecule has 0 amide bonds. The third-order valence-corrected chi connectivity index (χ3v) is 2.13. The fraction of sp³-hybridized carbons (Fsp3) is 0.273. The minimum atomic E-state index is -0.374. The Morgan fingerprint density at radius 1 is 1.36 bits per heavy atom. The van der Waals surface area contributed by atoms with Crippen LogP contribution in [0.15, 0.2) is 30.4 Å². The molecule has 0 bridgehead atoms. The van der Waals surface area contributed by atoms with Gasteiger partial charge >= 0.3 is 0 Å². The third-order valence-electron chi connectivity index (χ3n) is 1.84. The molecule has 2 N–H and O–H groups in total. The van der Waals surface area contributed by atoms with Gasteiger partial charge in [-0.1, -0.05) is 29.8 Å². The molecule has 1 nitrogen and oxygen atoms in total. The lowest BCUT2D eigenvalue weighted by atomic mass is 10.1. The van der Waals surface area contributed by atoms with Crippen molar-refractivity contribution in [3.05, 3.63) is 46.8 Å². The van der Waals surface area contributed by atoms with Gasteiger partial charge in [-0.3, -0.25) is 0 Å². The van der Waals surface area contributed by atoms with Gasteiger partial charge in [0.15, 0.2) is 0 Å². The highest BCUT2D eigenvalue weighted by molar-refractivity contribution is 6.30. The molecule has 0 aromatic heterocycles. The van der Waals surface area contributed by atoms with E-state index in [9.17, 15) is 4.39 Å². The molecule has 0 fully saturated rings. The van der Waals surface area contributed by atoms with Gasteiger partial charge in [-0.05, 0) is 37.1 Å². The first kappa shape index (κ1) is 11.2. The summed E-state index contributed by atoms with van der Waals surface area (Å²) in [7, 11) is 0. The van der Waals surface area contributed by atoms with E-state index >= 15 is 0 Å². The predicted octanol–water partition coefficient (Wildman–Crippen LogP) is 2.93. The van der Waals surface area contributed by atoms with Crippen LogP contribution >= 0.6 is 11.6 Å². The number of halogens is 2. The van der Waals surface area contributed by atoms with Crippen molar-refractivity contribution < 1.29 is 4.39 Å². The van der Waals surface area contributed by atoms with Crippen LogP contribution in [0.1, 0.15) is 12.0 Å². The SMILES string of the molecule is NCC/C=C/Cc1ccc(F)c(Cl)c1. The van der Waals surface area contributed by atoms with E-state index in [-0.39, 0.29) is 10.8 Å². The Hall–Kier alpha value is -0.860. The van der Waals surface area contributed by atoms with Gasteiger partial charge in [-0.25, -0.2) is 4.39 Å². The van der Waals surface area contributed by atoms with Crippen molar-refractivity contribution in [3.63, 3.8) is 0 Å². The molecule has 0 radical (unpaired) electrons. The summed E-state index contributed by atoms with van der Waals surface area (Å²) in [6.07, 6.45) is 5.66. The van der Waals surface area contributed by atoms with Crippen LogP contribution in [0.25, 0.3) is 0 Å². The lowest BCUT2D eigenvalue weighted by Gasteiger charge is -1.98. The van der Waals surface area contributed by atoms with Crippen LogP contribution in [-0.4, -0.2) is 6.54 Å². The van der Waals surface area contributed by atoms with Crippen LogP contribution < -0.4 is 5.73 Å². The van der Waals surface area contributed by atoms with E-state index in [0.29, 0.717) is 6.54 Å². The lowest BCUT2D eigenvalue weighted by molar-refractivity contribution is 0.627. The Bertz CT molecular complexity index is 323. The van der Waals surface area contributed by atoms with Crippen LogP contribution in [0, 0.1) is 5.82 Å². The summed E-state index contributed by atoms with van der Waals surface area (Å²) >= 11 is 5.63. The van der Waals surface area contributed by atoms with E-state index < -0.39 is 0 Å². The number of hydrogen-bond acceptors (Lipinski definition) is 1. The second kappa shape index (κ2) is 5.78. The predicted molar refractivity (Wildman–Crippen MR) is 57.9 cm³/mol. The van der Waals surface area contributed by atoms with Gasteiger partial charge in [0.05, 0.1) is 5.02 Å². The van der Waals surface area contributed by atoms with Crippen LogP contribution in [-0.2, 0) is 6.42 Å². The van der Waals surface area contributed by atoms with Gasteiger partial charge in [0.25, 0.3) is 0 Å². The monoisotopic (exact) mass is 213 g/mol. The average Bonchev–Trinajstić information content (AvgIpc) is 2.18. The number of benzene rings is 1. The molecule has 0 aliphatic carbocycles. The molecule has 0 heterocycles. The maximum absolute atomic E-state index is 12.8. The highest BCUT2D eigenvalue weighted by atomic mass is 35.5. The Labute approximate surface area is 88.4 Å². The summed E-state index contributed by atoms with van der Waals surface area (Å²) in [4.78, 5) is 0. The maximum Gasteiger partial charge on any atom is 0.141 e. The molecule has 0 unspecified atom stereocenters. The van der Waals surface area contributed by atoms with Crippen molar-refractivity contribution in [2.45, 2.75) is 12.8 Å². The lowest BCUT2D eigenvalue weighted by Crippen LogP contribution is -1.95. The molecule has 1 aromatic rings. The normalized spacial score (nSPS) is 11.1. The standard InChI is InChI=1S/C11H13ClFN/c12-10-8-9(5-6-11(10)13)4-2-1-3-7-14/h1-2,5-6,8H,3-4,7,14H2/b2-1+. The first-order valence-corrected chi connectivity index (χ1v) is 4.91. The fourth-order valence-corrected chi connectivity index (χ4v) is 1.30. The van der Waals surface area contributed by atoms with Crippen molar-refractivity contribution >= 4 is 11.6 Å². The van der Waals surface area contributed by atoms with Gasteiger partial charge < -0.3 is 5.73 Å². The van der Waals surface area contributed by atoms with E-state index in [1.807, 2.05) is 12.2 Å². The Morgan fingerprint density at radius 2 is 2.14 bits per heavy atom. The third kappa shape index (κ3) is 3.48. The van der Waals surface area contributed by atoms with Gasteiger partial charge in [-0.2, -0.15) is 0 Å². The minimum Gasteiger partial charge on any atom is -0.330 e. The Morgan fingerprint density at radius 3 is 2.79 bits per heavy atom. The number of hydrogen-bond donors (Lipinski definition) is 1. The smallest absolute Gasteiger partial charge is 0.141 e. The fourth-order valence-electron chi connectivity index (χ4n) is 1.10. The van der Waals surface area contributed by atoms with Crippen molar-refractivity contribution in [3.8, 4) is 0 Å². The van der Waals surface area contributed by atoms with Crippen LogP contribution in [0.4, 0.5) is 4.39 Å². The van der Waals surface area contributed by atoms with Crippen molar-refractivity contribution in [2.75, 3.05) is 6.54 Å². The Balaban J connectivity index is 2.55. The van der Waals surface area contributed by atoms with Gasteiger partial charge in [0, 0.05) is 0 Å². The summed E-state index contributed by atoms with van der Waals surface area (Å²) in [5, 5.41) is 0.176. The van der Waals surface area contributed by atoms with Gasteiger partial charge in [0.2, 0.25) is 0 Å². The molecule has 0 saturated heterocycles. The van der Waals surface area contributed by atoms with Crippen molar-refractivity contribution in [2.24, 2.45) is 5.73 Å². The zero-order valence-electron chi connectivity index (χ0n) is 7.84. The summed E-state index contributed by atoms with van der Waals surface area (Å²) in [6.45, 7) is 0.653.